The third kappa shape index (κ3) is 3.09. The van der Waals surface area contributed by atoms with Crippen LogP contribution in [0.1, 0.15) is 16.2 Å². The summed E-state index contributed by atoms with van der Waals surface area (Å²) in [6, 6.07) is 1.26. The number of carbonyl (C=O) groups is 1. The van der Waals surface area contributed by atoms with E-state index in [9.17, 15) is 14.9 Å². The summed E-state index contributed by atoms with van der Waals surface area (Å²) in [6.07, 6.45) is 5.01. The van der Waals surface area contributed by atoms with Crippen LogP contribution in [0.3, 0.4) is 0 Å². The van der Waals surface area contributed by atoms with Crippen molar-refractivity contribution in [1.29, 1.82) is 0 Å². The molecule has 2 N–H and O–H groups in total. The molecule has 0 aromatic carbocycles. The zero-order valence-electron chi connectivity index (χ0n) is 10.2. The number of amides is 1. The Kier molecular flexibility index (Phi) is 4.26. The number of hydrogen-bond acceptors (Lipinski definition) is 5. The van der Waals surface area contributed by atoms with Crippen molar-refractivity contribution in [2.45, 2.75) is 6.42 Å². The Morgan fingerprint density at radius 1 is 1.45 bits per heavy atom. The lowest BCUT2D eigenvalue weighted by Gasteiger charge is -2.05. The van der Waals surface area contributed by atoms with E-state index < -0.39 is 16.5 Å². The molecule has 104 valence electrons. The van der Waals surface area contributed by atoms with Gasteiger partial charge in [0.1, 0.15) is 11.4 Å². The number of aromatic nitrogens is 3. The molecule has 2 rings (SSSR count). The van der Waals surface area contributed by atoms with Crippen LogP contribution in [0.2, 0.25) is 5.15 Å². The van der Waals surface area contributed by atoms with Gasteiger partial charge in [-0.05, 0) is 6.07 Å². The molecule has 0 aliphatic heterocycles. The maximum atomic E-state index is 11.9. The fraction of sp³-hybridized carbons (Fsp3) is 0.182. The van der Waals surface area contributed by atoms with Crippen molar-refractivity contribution in [3.8, 4) is 0 Å². The predicted molar refractivity (Wildman–Crippen MR) is 70.5 cm³/mol. The highest BCUT2D eigenvalue weighted by Gasteiger charge is 2.24. The lowest BCUT2D eigenvalue weighted by atomic mass is 10.2. The molecule has 0 atom stereocenters. The summed E-state index contributed by atoms with van der Waals surface area (Å²) < 4.78 is 0. The zero-order chi connectivity index (χ0) is 14.5. The maximum absolute atomic E-state index is 11.9. The summed E-state index contributed by atoms with van der Waals surface area (Å²) in [7, 11) is 0. The van der Waals surface area contributed by atoms with E-state index in [1.165, 1.54) is 12.3 Å². The highest BCUT2D eigenvalue weighted by Crippen LogP contribution is 2.25. The van der Waals surface area contributed by atoms with Crippen LogP contribution in [-0.2, 0) is 6.42 Å². The first-order valence-electron chi connectivity index (χ1n) is 5.65. The van der Waals surface area contributed by atoms with Crippen molar-refractivity contribution in [2.75, 3.05) is 6.54 Å². The van der Waals surface area contributed by atoms with Gasteiger partial charge in [0.2, 0.25) is 5.15 Å². The van der Waals surface area contributed by atoms with E-state index in [0.717, 1.165) is 0 Å². The van der Waals surface area contributed by atoms with Crippen LogP contribution in [0.15, 0.2) is 24.7 Å². The Morgan fingerprint density at radius 3 is 2.90 bits per heavy atom. The summed E-state index contributed by atoms with van der Waals surface area (Å²) in [5.74, 6) is 0.139. The van der Waals surface area contributed by atoms with Gasteiger partial charge in [-0.1, -0.05) is 11.6 Å². The number of carbonyl (C=O) groups excluding carboxylic acids is 1. The van der Waals surface area contributed by atoms with Gasteiger partial charge in [-0.3, -0.25) is 14.9 Å². The van der Waals surface area contributed by atoms with E-state index in [4.69, 9.17) is 11.6 Å². The minimum atomic E-state index is -0.725. The van der Waals surface area contributed by atoms with Crippen LogP contribution in [0, 0.1) is 10.1 Å². The molecule has 20 heavy (non-hydrogen) atoms. The topological polar surface area (TPSA) is 114 Å². The van der Waals surface area contributed by atoms with Gasteiger partial charge >= 0.3 is 5.69 Å². The molecule has 2 aromatic rings. The molecular weight excluding hydrogens is 286 g/mol. The van der Waals surface area contributed by atoms with Crippen molar-refractivity contribution in [1.82, 2.24) is 20.3 Å². The molecule has 0 saturated carbocycles. The fourth-order valence-corrected chi connectivity index (χ4v) is 1.84. The Morgan fingerprint density at radius 2 is 2.25 bits per heavy atom. The van der Waals surface area contributed by atoms with Crippen molar-refractivity contribution in [3.63, 3.8) is 0 Å². The largest absolute Gasteiger partial charge is 0.351 e. The van der Waals surface area contributed by atoms with Gasteiger partial charge in [0.05, 0.1) is 4.92 Å². The number of hydrogen-bond donors (Lipinski definition) is 2. The molecule has 8 nitrogen and oxygen atoms in total. The number of nitro groups is 1. The molecule has 2 aromatic heterocycles. The number of nitrogens with one attached hydrogen (secondary N) is 2. The second kappa shape index (κ2) is 6.11. The number of halogens is 1. The number of aromatic amines is 1. The summed E-state index contributed by atoms with van der Waals surface area (Å²) in [5.41, 5.74) is -0.612. The van der Waals surface area contributed by atoms with Crippen molar-refractivity contribution in [3.05, 3.63) is 51.3 Å². The highest BCUT2D eigenvalue weighted by atomic mass is 35.5. The fourth-order valence-electron chi connectivity index (χ4n) is 1.61. The molecule has 0 saturated heterocycles. The first-order valence-corrected chi connectivity index (χ1v) is 6.02. The zero-order valence-corrected chi connectivity index (χ0v) is 10.9. The van der Waals surface area contributed by atoms with Gasteiger partial charge in [0.15, 0.2) is 0 Å². The van der Waals surface area contributed by atoms with Crippen LogP contribution >= 0.6 is 11.6 Å². The second-order valence-corrected chi connectivity index (χ2v) is 4.15. The SMILES string of the molecule is O=C(NCCc1ncc[nH]1)c1ccnc(Cl)c1[N+](=O)[O-]. The summed E-state index contributed by atoms with van der Waals surface area (Å²) in [4.78, 5) is 32.6. The normalized spacial score (nSPS) is 10.2. The molecule has 2 heterocycles. The predicted octanol–water partition coefficient (Wildman–Crippen LogP) is 1.34. The van der Waals surface area contributed by atoms with E-state index in [2.05, 4.69) is 20.3 Å². The monoisotopic (exact) mass is 295 g/mol. The average molecular weight is 296 g/mol. The first-order chi connectivity index (χ1) is 9.59. The van der Waals surface area contributed by atoms with Crippen molar-refractivity contribution in [2.24, 2.45) is 0 Å². The van der Waals surface area contributed by atoms with Gasteiger partial charge in [-0.15, -0.1) is 0 Å². The maximum Gasteiger partial charge on any atom is 0.319 e. The molecule has 0 aliphatic rings. The number of imidazole rings is 1. The van der Waals surface area contributed by atoms with Gasteiger partial charge in [0, 0.05) is 31.6 Å². The standard InChI is InChI=1S/C11H10ClN5O3/c12-10-9(17(19)20)7(1-3-15-10)11(18)16-4-2-8-13-5-6-14-8/h1,3,5-6H,2,4H2,(H,13,14)(H,16,18). The number of rotatable bonds is 5. The van der Waals surface area contributed by atoms with Crippen LogP contribution < -0.4 is 5.32 Å². The molecule has 1 amide bonds. The molecular formula is C11H10ClN5O3. The van der Waals surface area contributed by atoms with Crippen LogP contribution in [0.4, 0.5) is 5.69 Å². The Bertz CT molecular complexity index is 629. The Balaban J connectivity index is 2.06. The lowest BCUT2D eigenvalue weighted by molar-refractivity contribution is -0.385. The minimum absolute atomic E-state index is 0.116. The van der Waals surface area contributed by atoms with Gasteiger partial charge in [-0.25, -0.2) is 9.97 Å². The minimum Gasteiger partial charge on any atom is -0.351 e. The summed E-state index contributed by atoms with van der Waals surface area (Å²) in [6.45, 7) is 0.295. The molecule has 0 aliphatic carbocycles. The second-order valence-electron chi connectivity index (χ2n) is 3.80. The number of pyridine rings is 1. The van der Waals surface area contributed by atoms with E-state index >= 15 is 0 Å². The van der Waals surface area contributed by atoms with E-state index in [0.29, 0.717) is 18.8 Å². The Hall–Kier alpha value is -2.48. The van der Waals surface area contributed by atoms with Gasteiger partial charge in [0.25, 0.3) is 5.91 Å². The summed E-state index contributed by atoms with van der Waals surface area (Å²) in [5, 5.41) is 13.2. The molecule has 9 heteroatoms. The molecule has 0 bridgehead atoms. The molecule has 0 radical (unpaired) electrons. The summed E-state index contributed by atoms with van der Waals surface area (Å²) >= 11 is 5.64. The third-order valence-electron chi connectivity index (χ3n) is 2.51. The molecule has 0 spiro atoms. The first kappa shape index (κ1) is 13.9. The van der Waals surface area contributed by atoms with Crippen LogP contribution in [0.25, 0.3) is 0 Å². The van der Waals surface area contributed by atoms with E-state index in [-0.39, 0.29) is 10.7 Å². The number of H-pyrrole nitrogens is 1. The average Bonchev–Trinajstić information content (AvgIpc) is 2.91. The highest BCUT2D eigenvalue weighted by molar-refractivity contribution is 6.32. The van der Waals surface area contributed by atoms with Crippen LogP contribution in [-0.4, -0.2) is 32.3 Å². The van der Waals surface area contributed by atoms with Gasteiger partial charge in [-0.2, -0.15) is 0 Å². The number of nitrogens with zero attached hydrogens (tertiary/aromatic N) is 3. The Labute approximate surface area is 118 Å². The van der Waals surface area contributed by atoms with E-state index in [1.807, 2.05) is 0 Å². The van der Waals surface area contributed by atoms with Gasteiger partial charge < -0.3 is 10.3 Å². The lowest BCUT2D eigenvalue weighted by Crippen LogP contribution is -2.26. The quantitative estimate of drug-likeness (QED) is 0.491. The molecule has 0 unspecified atom stereocenters. The van der Waals surface area contributed by atoms with Crippen molar-refractivity contribution < 1.29 is 9.72 Å². The molecule has 0 fully saturated rings. The van der Waals surface area contributed by atoms with Crippen LogP contribution in [0.5, 0.6) is 0 Å². The van der Waals surface area contributed by atoms with Crippen molar-refractivity contribution >= 4 is 23.2 Å². The smallest absolute Gasteiger partial charge is 0.319 e. The van der Waals surface area contributed by atoms with E-state index in [1.54, 1.807) is 12.4 Å². The third-order valence-corrected chi connectivity index (χ3v) is 2.79.